The van der Waals surface area contributed by atoms with Crippen molar-refractivity contribution >= 4 is 35.0 Å². The lowest BCUT2D eigenvalue weighted by molar-refractivity contribution is -0.126. The summed E-state index contributed by atoms with van der Waals surface area (Å²) in [6.45, 7) is 5.16. The molecule has 6 nitrogen and oxygen atoms in total. The average molecular weight is 442 g/mol. The molecule has 7 heteroatoms. The molecule has 1 fully saturated rings. The lowest BCUT2D eigenvalue weighted by atomic mass is 9.95. The number of anilines is 1. The van der Waals surface area contributed by atoms with Gasteiger partial charge >= 0.3 is 0 Å². The van der Waals surface area contributed by atoms with E-state index in [1.807, 2.05) is 13.8 Å². The highest BCUT2D eigenvalue weighted by molar-refractivity contribution is 6.30. The molecule has 0 spiro atoms. The molecule has 164 valence electrons. The Balaban J connectivity index is 1.53. The molecule has 31 heavy (non-hydrogen) atoms. The normalized spacial score (nSPS) is 15.3. The summed E-state index contributed by atoms with van der Waals surface area (Å²) in [6.07, 6.45) is 2.24. The van der Waals surface area contributed by atoms with Crippen LogP contribution in [0.1, 0.15) is 53.8 Å². The van der Waals surface area contributed by atoms with Gasteiger partial charge < -0.3 is 15.5 Å². The predicted octanol–water partition coefficient (Wildman–Crippen LogP) is 4.36. The van der Waals surface area contributed by atoms with Crippen LogP contribution in [0, 0.1) is 5.92 Å². The van der Waals surface area contributed by atoms with Crippen molar-refractivity contribution in [3.63, 3.8) is 0 Å². The number of halogens is 1. The lowest BCUT2D eigenvalue weighted by Crippen LogP contribution is -2.44. The topological polar surface area (TPSA) is 78.5 Å². The molecule has 2 N–H and O–H groups in total. The van der Waals surface area contributed by atoms with Crippen molar-refractivity contribution in [3.8, 4) is 0 Å². The van der Waals surface area contributed by atoms with Gasteiger partial charge in [-0.05, 0) is 74.7 Å². The van der Waals surface area contributed by atoms with Crippen molar-refractivity contribution in [2.24, 2.45) is 5.92 Å². The minimum Gasteiger partial charge on any atom is -0.353 e. The first-order valence-corrected chi connectivity index (χ1v) is 11.0. The number of carbonyl (C=O) groups excluding carboxylic acids is 3. The highest BCUT2D eigenvalue weighted by Gasteiger charge is 2.28. The Kier molecular flexibility index (Phi) is 7.69. The quantitative estimate of drug-likeness (QED) is 0.699. The summed E-state index contributed by atoms with van der Waals surface area (Å²) in [6, 6.07) is 13.7. The van der Waals surface area contributed by atoms with Gasteiger partial charge in [-0.15, -0.1) is 0 Å². The van der Waals surface area contributed by atoms with Crippen LogP contribution < -0.4 is 10.6 Å². The second-order valence-electron chi connectivity index (χ2n) is 7.92. The number of nitrogens with one attached hydrogen (secondary N) is 2. The van der Waals surface area contributed by atoms with Crippen molar-refractivity contribution in [2.45, 2.75) is 39.2 Å². The number of piperidine rings is 1. The van der Waals surface area contributed by atoms with Crippen molar-refractivity contribution in [2.75, 3.05) is 18.4 Å². The fourth-order valence-corrected chi connectivity index (χ4v) is 3.62. The zero-order valence-corrected chi connectivity index (χ0v) is 18.6. The van der Waals surface area contributed by atoms with Crippen LogP contribution in [0.3, 0.4) is 0 Å². The molecule has 2 aromatic rings. The molecule has 0 aliphatic carbocycles. The molecule has 0 aromatic heterocycles. The third kappa shape index (κ3) is 6.07. The molecule has 1 atom stereocenters. The van der Waals surface area contributed by atoms with E-state index < -0.39 is 0 Å². The monoisotopic (exact) mass is 441 g/mol. The molecule has 0 radical (unpaired) electrons. The van der Waals surface area contributed by atoms with Gasteiger partial charge in [0.15, 0.2) is 0 Å². The number of rotatable bonds is 6. The molecular weight excluding hydrogens is 414 g/mol. The molecule has 1 aliphatic rings. The Bertz CT molecular complexity index is 920. The summed E-state index contributed by atoms with van der Waals surface area (Å²) < 4.78 is 0. The van der Waals surface area contributed by atoms with Gasteiger partial charge in [0.2, 0.25) is 5.91 Å². The van der Waals surface area contributed by atoms with Crippen LogP contribution in [0.15, 0.2) is 48.5 Å². The van der Waals surface area contributed by atoms with E-state index in [-0.39, 0.29) is 29.7 Å². The van der Waals surface area contributed by atoms with Crippen LogP contribution in [0.2, 0.25) is 5.02 Å². The van der Waals surface area contributed by atoms with Crippen LogP contribution in [-0.4, -0.2) is 41.8 Å². The molecule has 3 amide bonds. The first-order valence-electron chi connectivity index (χ1n) is 10.6. The number of hydrogen-bond acceptors (Lipinski definition) is 3. The van der Waals surface area contributed by atoms with Gasteiger partial charge in [-0.25, -0.2) is 0 Å². The van der Waals surface area contributed by atoms with Gasteiger partial charge in [-0.1, -0.05) is 18.5 Å². The van der Waals surface area contributed by atoms with E-state index in [9.17, 15) is 14.4 Å². The standard InChI is InChI=1S/C24H28ClN3O3/c1-3-16(2)26-22(29)18-12-14-28(15-13-18)24(31)19-6-10-21(11-7-19)27-23(30)17-4-8-20(25)9-5-17/h4-11,16,18H,3,12-15H2,1-2H3,(H,26,29)(H,27,30)/t16-/m0/s1. The second-order valence-corrected chi connectivity index (χ2v) is 8.36. The molecule has 0 bridgehead atoms. The van der Waals surface area contributed by atoms with E-state index in [2.05, 4.69) is 10.6 Å². The van der Waals surface area contributed by atoms with Gasteiger partial charge in [0.05, 0.1) is 0 Å². The molecule has 1 saturated heterocycles. The maximum atomic E-state index is 12.8. The Labute approximate surface area is 188 Å². The highest BCUT2D eigenvalue weighted by Crippen LogP contribution is 2.21. The zero-order valence-electron chi connectivity index (χ0n) is 17.9. The number of benzene rings is 2. The number of carbonyl (C=O) groups is 3. The van der Waals surface area contributed by atoms with E-state index in [0.29, 0.717) is 47.8 Å². The second kappa shape index (κ2) is 10.4. The number of amides is 3. The number of likely N-dealkylation sites (tertiary alicyclic amines) is 1. The van der Waals surface area contributed by atoms with Crippen LogP contribution >= 0.6 is 11.6 Å². The van der Waals surface area contributed by atoms with Crippen molar-refractivity contribution < 1.29 is 14.4 Å². The van der Waals surface area contributed by atoms with Gasteiger partial charge in [0.1, 0.15) is 0 Å². The summed E-state index contributed by atoms with van der Waals surface area (Å²) in [7, 11) is 0. The fourth-order valence-electron chi connectivity index (χ4n) is 3.49. The van der Waals surface area contributed by atoms with Gasteiger partial charge in [-0.2, -0.15) is 0 Å². The first-order chi connectivity index (χ1) is 14.9. The van der Waals surface area contributed by atoms with Crippen LogP contribution in [-0.2, 0) is 4.79 Å². The van der Waals surface area contributed by atoms with Crippen LogP contribution in [0.5, 0.6) is 0 Å². The summed E-state index contributed by atoms with van der Waals surface area (Å²) in [4.78, 5) is 39.2. The maximum absolute atomic E-state index is 12.8. The summed E-state index contributed by atoms with van der Waals surface area (Å²) in [5, 5.41) is 6.41. The van der Waals surface area contributed by atoms with E-state index in [1.165, 1.54) is 0 Å². The Morgan fingerprint density at radius 1 is 1.00 bits per heavy atom. The van der Waals surface area contributed by atoms with Gasteiger partial charge in [0.25, 0.3) is 11.8 Å². The van der Waals surface area contributed by atoms with Crippen molar-refractivity contribution in [1.29, 1.82) is 0 Å². The summed E-state index contributed by atoms with van der Waals surface area (Å²) in [5.41, 5.74) is 1.67. The predicted molar refractivity (Wildman–Crippen MR) is 122 cm³/mol. The molecule has 3 rings (SSSR count). The van der Waals surface area contributed by atoms with E-state index in [0.717, 1.165) is 6.42 Å². The molecule has 0 saturated carbocycles. The van der Waals surface area contributed by atoms with Crippen LogP contribution in [0.25, 0.3) is 0 Å². The molecule has 2 aromatic carbocycles. The fraction of sp³-hybridized carbons (Fsp3) is 0.375. The third-order valence-electron chi connectivity index (χ3n) is 5.65. The van der Waals surface area contributed by atoms with E-state index in [1.54, 1.807) is 53.4 Å². The van der Waals surface area contributed by atoms with E-state index in [4.69, 9.17) is 11.6 Å². The van der Waals surface area contributed by atoms with Gasteiger partial charge in [0, 0.05) is 46.9 Å². The lowest BCUT2D eigenvalue weighted by Gasteiger charge is -2.32. The Morgan fingerprint density at radius 2 is 1.58 bits per heavy atom. The highest BCUT2D eigenvalue weighted by atomic mass is 35.5. The summed E-state index contributed by atoms with van der Waals surface area (Å²) >= 11 is 5.85. The molecular formula is C24H28ClN3O3. The smallest absolute Gasteiger partial charge is 0.255 e. The SMILES string of the molecule is CC[C@H](C)NC(=O)C1CCN(C(=O)c2ccc(NC(=O)c3ccc(Cl)cc3)cc2)CC1. The Hall–Kier alpha value is -2.86. The van der Waals surface area contributed by atoms with Gasteiger partial charge in [-0.3, -0.25) is 14.4 Å². The van der Waals surface area contributed by atoms with Crippen LogP contribution in [0.4, 0.5) is 5.69 Å². The molecule has 1 aliphatic heterocycles. The molecule has 1 heterocycles. The number of nitrogens with zero attached hydrogens (tertiary/aromatic N) is 1. The summed E-state index contributed by atoms with van der Waals surface area (Å²) in [5.74, 6) is -0.254. The largest absolute Gasteiger partial charge is 0.353 e. The number of hydrogen-bond donors (Lipinski definition) is 2. The maximum Gasteiger partial charge on any atom is 0.255 e. The van der Waals surface area contributed by atoms with E-state index >= 15 is 0 Å². The average Bonchev–Trinajstić information content (AvgIpc) is 2.79. The van der Waals surface area contributed by atoms with Crippen molar-refractivity contribution in [1.82, 2.24) is 10.2 Å². The zero-order chi connectivity index (χ0) is 22.4. The van der Waals surface area contributed by atoms with Crippen molar-refractivity contribution in [3.05, 3.63) is 64.7 Å². The minimum atomic E-state index is -0.242. The third-order valence-corrected chi connectivity index (χ3v) is 5.90. The first kappa shape index (κ1) is 22.8. The Morgan fingerprint density at radius 3 is 2.16 bits per heavy atom. The minimum absolute atomic E-state index is 0.0384. The molecule has 0 unspecified atom stereocenters.